The van der Waals surface area contributed by atoms with Gasteiger partial charge in [-0.2, -0.15) is 0 Å². The van der Waals surface area contributed by atoms with E-state index >= 15 is 0 Å². The average Bonchev–Trinajstić information content (AvgIpc) is 2.39. The van der Waals surface area contributed by atoms with E-state index in [0.29, 0.717) is 13.1 Å². The summed E-state index contributed by atoms with van der Waals surface area (Å²) in [4.78, 5) is 13.4. The number of hydrogen-bond donors (Lipinski definition) is 1. The quantitative estimate of drug-likeness (QED) is 0.842. The molecule has 1 N–H and O–H groups in total. The third-order valence-electron chi connectivity index (χ3n) is 2.61. The number of rotatable bonds is 5. The number of nitrogens with zero attached hydrogens (tertiary/aromatic N) is 1. The lowest BCUT2D eigenvalue weighted by Crippen LogP contribution is -2.36. The SMILES string of the molecule is C=C(C)CN(CC)C(=O)Nc1cc(F)c(OC)cc1F. The molecule has 0 aliphatic carbocycles. The lowest BCUT2D eigenvalue weighted by molar-refractivity contribution is 0.218. The first-order valence-electron chi connectivity index (χ1n) is 6.12. The number of methoxy groups -OCH3 is 1. The van der Waals surface area contributed by atoms with E-state index in [2.05, 4.69) is 16.6 Å². The highest BCUT2D eigenvalue weighted by molar-refractivity contribution is 5.89. The highest BCUT2D eigenvalue weighted by atomic mass is 19.1. The van der Waals surface area contributed by atoms with E-state index < -0.39 is 17.7 Å². The van der Waals surface area contributed by atoms with Gasteiger partial charge in [0.25, 0.3) is 0 Å². The van der Waals surface area contributed by atoms with Gasteiger partial charge >= 0.3 is 6.03 Å². The number of anilines is 1. The van der Waals surface area contributed by atoms with E-state index in [1.807, 2.05) is 0 Å². The summed E-state index contributed by atoms with van der Waals surface area (Å²) in [6.07, 6.45) is 0. The predicted octanol–water partition coefficient (Wildman–Crippen LogP) is 3.40. The summed E-state index contributed by atoms with van der Waals surface area (Å²) in [5.74, 6) is -1.72. The third kappa shape index (κ3) is 3.94. The van der Waals surface area contributed by atoms with Crippen LogP contribution in [0.5, 0.6) is 5.75 Å². The number of likely N-dealkylation sites (N-methyl/N-ethyl adjacent to an activating group) is 1. The van der Waals surface area contributed by atoms with Crippen molar-refractivity contribution in [2.75, 3.05) is 25.5 Å². The second kappa shape index (κ2) is 6.88. The van der Waals surface area contributed by atoms with Crippen LogP contribution in [0.15, 0.2) is 24.3 Å². The maximum atomic E-state index is 13.7. The Bertz CT molecular complexity index is 518. The maximum Gasteiger partial charge on any atom is 0.322 e. The largest absolute Gasteiger partial charge is 0.494 e. The molecule has 0 radical (unpaired) electrons. The van der Waals surface area contributed by atoms with Gasteiger partial charge in [-0.15, -0.1) is 0 Å². The van der Waals surface area contributed by atoms with Crippen LogP contribution in [-0.2, 0) is 0 Å². The molecule has 0 aliphatic heterocycles. The Labute approximate surface area is 117 Å². The standard InChI is InChI=1S/C14H18F2N2O2/c1-5-18(8-9(2)3)14(19)17-12-6-11(16)13(20-4)7-10(12)15/h6-7H,2,5,8H2,1,3-4H3,(H,17,19). The van der Waals surface area contributed by atoms with Crippen LogP contribution in [0.3, 0.4) is 0 Å². The third-order valence-corrected chi connectivity index (χ3v) is 2.61. The summed E-state index contributed by atoms with van der Waals surface area (Å²) in [7, 11) is 1.24. The smallest absolute Gasteiger partial charge is 0.322 e. The summed E-state index contributed by atoms with van der Waals surface area (Å²) in [6, 6.07) is 1.26. The fourth-order valence-electron chi connectivity index (χ4n) is 1.63. The van der Waals surface area contributed by atoms with Crippen molar-refractivity contribution in [2.45, 2.75) is 13.8 Å². The summed E-state index contributed by atoms with van der Waals surface area (Å²) >= 11 is 0. The van der Waals surface area contributed by atoms with Gasteiger partial charge in [0, 0.05) is 25.2 Å². The van der Waals surface area contributed by atoms with Gasteiger partial charge in [0.2, 0.25) is 0 Å². The Morgan fingerprint density at radius 1 is 1.40 bits per heavy atom. The fourth-order valence-corrected chi connectivity index (χ4v) is 1.63. The number of carbonyl (C=O) groups excluding carboxylic acids is 1. The van der Waals surface area contributed by atoms with Crippen LogP contribution in [0, 0.1) is 11.6 Å². The zero-order valence-electron chi connectivity index (χ0n) is 11.8. The molecule has 0 bridgehead atoms. The van der Waals surface area contributed by atoms with Crippen LogP contribution in [0.4, 0.5) is 19.3 Å². The van der Waals surface area contributed by atoms with Gasteiger partial charge in [-0.25, -0.2) is 13.6 Å². The van der Waals surface area contributed by atoms with Gasteiger partial charge in [0.1, 0.15) is 0 Å². The average molecular weight is 284 g/mol. The van der Waals surface area contributed by atoms with E-state index in [4.69, 9.17) is 0 Å². The summed E-state index contributed by atoms with van der Waals surface area (Å²) in [6.45, 7) is 8.06. The van der Waals surface area contributed by atoms with E-state index in [0.717, 1.165) is 17.7 Å². The van der Waals surface area contributed by atoms with Gasteiger partial charge in [-0.1, -0.05) is 12.2 Å². The van der Waals surface area contributed by atoms with Crippen LogP contribution >= 0.6 is 0 Å². The Morgan fingerprint density at radius 2 is 2.05 bits per heavy atom. The lowest BCUT2D eigenvalue weighted by atomic mass is 10.2. The molecule has 0 fully saturated rings. The minimum Gasteiger partial charge on any atom is -0.494 e. The molecule has 0 heterocycles. The van der Waals surface area contributed by atoms with E-state index in [1.165, 1.54) is 12.0 Å². The van der Waals surface area contributed by atoms with Crippen molar-refractivity contribution < 1.29 is 18.3 Å². The normalized spacial score (nSPS) is 10.1. The second-order valence-electron chi connectivity index (χ2n) is 4.37. The van der Waals surface area contributed by atoms with Crippen molar-refractivity contribution in [3.05, 3.63) is 35.9 Å². The molecule has 0 aromatic heterocycles. The number of urea groups is 1. The van der Waals surface area contributed by atoms with Gasteiger partial charge in [0.05, 0.1) is 12.8 Å². The molecular formula is C14H18F2N2O2. The van der Waals surface area contributed by atoms with Gasteiger partial charge in [-0.05, 0) is 13.8 Å². The van der Waals surface area contributed by atoms with E-state index in [-0.39, 0.29) is 11.4 Å². The second-order valence-corrected chi connectivity index (χ2v) is 4.37. The Balaban J connectivity index is 2.89. The predicted molar refractivity (Wildman–Crippen MR) is 74.0 cm³/mol. The lowest BCUT2D eigenvalue weighted by Gasteiger charge is -2.21. The number of amides is 2. The highest BCUT2D eigenvalue weighted by Crippen LogP contribution is 2.24. The minimum absolute atomic E-state index is 0.213. The first-order valence-corrected chi connectivity index (χ1v) is 6.12. The number of halogens is 2. The van der Waals surface area contributed by atoms with Crippen molar-refractivity contribution in [1.29, 1.82) is 0 Å². The van der Waals surface area contributed by atoms with Crippen molar-refractivity contribution in [3.8, 4) is 5.75 Å². The van der Waals surface area contributed by atoms with Crippen LogP contribution in [0.2, 0.25) is 0 Å². The molecule has 1 rings (SSSR count). The molecule has 0 spiro atoms. The van der Waals surface area contributed by atoms with Gasteiger partial charge in [0.15, 0.2) is 17.4 Å². The van der Waals surface area contributed by atoms with Crippen LogP contribution in [-0.4, -0.2) is 31.1 Å². The monoisotopic (exact) mass is 284 g/mol. The molecule has 1 aromatic rings. The number of nitrogens with one attached hydrogen (secondary N) is 1. The summed E-state index contributed by atoms with van der Waals surface area (Å²) < 4.78 is 31.9. The van der Waals surface area contributed by atoms with Gasteiger partial charge < -0.3 is 15.0 Å². The summed E-state index contributed by atoms with van der Waals surface area (Å²) in [5.41, 5.74) is 0.567. The van der Waals surface area contributed by atoms with Crippen LogP contribution < -0.4 is 10.1 Å². The highest BCUT2D eigenvalue weighted by Gasteiger charge is 2.16. The Hall–Kier alpha value is -2.11. The number of benzene rings is 1. The molecule has 0 saturated carbocycles. The van der Waals surface area contributed by atoms with Crippen molar-refractivity contribution in [3.63, 3.8) is 0 Å². The van der Waals surface area contributed by atoms with Crippen molar-refractivity contribution in [2.24, 2.45) is 0 Å². The zero-order valence-corrected chi connectivity index (χ0v) is 11.8. The van der Waals surface area contributed by atoms with Crippen LogP contribution in [0.1, 0.15) is 13.8 Å². The number of ether oxygens (including phenoxy) is 1. The van der Waals surface area contributed by atoms with E-state index in [1.54, 1.807) is 13.8 Å². The maximum absolute atomic E-state index is 13.7. The molecule has 4 nitrogen and oxygen atoms in total. The molecule has 0 unspecified atom stereocenters. The Morgan fingerprint density at radius 3 is 2.55 bits per heavy atom. The minimum atomic E-state index is -0.761. The number of carbonyl (C=O) groups is 1. The topological polar surface area (TPSA) is 41.6 Å². The molecule has 20 heavy (non-hydrogen) atoms. The molecule has 2 amide bonds. The molecule has 0 atom stereocenters. The van der Waals surface area contributed by atoms with Gasteiger partial charge in [-0.3, -0.25) is 0 Å². The molecule has 1 aromatic carbocycles. The fraction of sp³-hybridized carbons (Fsp3) is 0.357. The Kier molecular flexibility index (Phi) is 5.49. The van der Waals surface area contributed by atoms with E-state index in [9.17, 15) is 13.6 Å². The molecule has 6 heteroatoms. The molecule has 0 aliphatic rings. The first-order chi connectivity index (χ1) is 9.38. The van der Waals surface area contributed by atoms with Crippen molar-refractivity contribution in [1.82, 2.24) is 4.90 Å². The summed E-state index contributed by atoms with van der Waals surface area (Å²) in [5, 5.41) is 2.33. The first kappa shape index (κ1) is 15.9. The molecule has 0 saturated heterocycles. The molecular weight excluding hydrogens is 266 g/mol. The zero-order chi connectivity index (χ0) is 15.3. The molecule has 110 valence electrons. The van der Waals surface area contributed by atoms with Crippen molar-refractivity contribution >= 4 is 11.7 Å². The van der Waals surface area contributed by atoms with Crippen LogP contribution in [0.25, 0.3) is 0 Å². The number of hydrogen-bond acceptors (Lipinski definition) is 2.